The van der Waals surface area contributed by atoms with Crippen molar-refractivity contribution >= 4 is 17.2 Å². The summed E-state index contributed by atoms with van der Waals surface area (Å²) in [6.45, 7) is 3.49. The highest BCUT2D eigenvalue weighted by Crippen LogP contribution is 2.34. The molecule has 0 bridgehead atoms. The number of anilines is 1. The monoisotopic (exact) mass is 389 g/mol. The molecule has 1 aliphatic heterocycles. The number of ether oxygens (including phenoxy) is 1. The van der Waals surface area contributed by atoms with Crippen molar-refractivity contribution in [3.8, 4) is 5.75 Å². The number of nitrogens with zero attached hydrogens (tertiary/aromatic N) is 5. The minimum Gasteiger partial charge on any atom is -0.493 e. The van der Waals surface area contributed by atoms with Crippen molar-refractivity contribution in [2.24, 2.45) is 0 Å². The molecular weight excluding hydrogens is 371 g/mol. The lowest BCUT2D eigenvalue weighted by Gasteiger charge is -2.29. The molecule has 1 aliphatic rings. The summed E-state index contributed by atoms with van der Waals surface area (Å²) in [5.41, 5.74) is 1.15. The van der Waals surface area contributed by atoms with Gasteiger partial charge in [0.25, 0.3) is 5.78 Å². The molecule has 0 unspecified atom stereocenters. The molecule has 6 nitrogen and oxygen atoms in total. The number of halogens is 3. The molecular formula is C19H18F3N5O. The first-order valence-electron chi connectivity index (χ1n) is 8.91. The molecule has 0 amide bonds. The average Bonchev–Trinajstić information content (AvgIpc) is 3.16. The van der Waals surface area contributed by atoms with Gasteiger partial charge in [0.05, 0.1) is 6.61 Å². The van der Waals surface area contributed by atoms with Gasteiger partial charge in [0.2, 0.25) is 0 Å². The maximum absolute atomic E-state index is 13.2. The summed E-state index contributed by atoms with van der Waals surface area (Å²) >= 11 is 0. The third kappa shape index (κ3) is 3.39. The van der Waals surface area contributed by atoms with E-state index in [-0.39, 0.29) is 5.78 Å². The maximum Gasteiger partial charge on any atom is 0.433 e. The summed E-state index contributed by atoms with van der Waals surface area (Å²) in [5.74, 6) is 1.07. The van der Waals surface area contributed by atoms with Crippen LogP contribution in [0.3, 0.4) is 0 Å². The number of benzene rings is 1. The highest BCUT2D eigenvalue weighted by atomic mass is 19.4. The van der Waals surface area contributed by atoms with Gasteiger partial charge in [-0.15, -0.1) is 0 Å². The largest absolute Gasteiger partial charge is 0.493 e. The van der Waals surface area contributed by atoms with Crippen LogP contribution in [0.2, 0.25) is 0 Å². The van der Waals surface area contributed by atoms with Crippen LogP contribution in [0.25, 0.3) is 11.4 Å². The fraction of sp³-hybridized carbons (Fsp3) is 0.316. The number of rotatable bonds is 4. The van der Waals surface area contributed by atoms with E-state index in [0.29, 0.717) is 31.9 Å². The quantitative estimate of drug-likeness (QED) is 0.679. The first-order valence-corrected chi connectivity index (χ1v) is 8.91. The van der Waals surface area contributed by atoms with Crippen LogP contribution in [0.5, 0.6) is 5.75 Å². The SMILES string of the molecule is CCOc1ccccc1C1=CCN(c2cc(C(F)(F)F)nc3ncnn23)CC1. The van der Waals surface area contributed by atoms with Crippen molar-refractivity contribution in [2.45, 2.75) is 19.5 Å². The summed E-state index contributed by atoms with van der Waals surface area (Å²) in [5, 5.41) is 4.03. The van der Waals surface area contributed by atoms with E-state index in [1.54, 1.807) is 0 Å². The van der Waals surface area contributed by atoms with Gasteiger partial charge in [-0.1, -0.05) is 24.3 Å². The van der Waals surface area contributed by atoms with Gasteiger partial charge in [-0.05, 0) is 25.0 Å². The van der Waals surface area contributed by atoms with E-state index in [9.17, 15) is 13.2 Å². The third-order valence-electron chi connectivity index (χ3n) is 4.59. The van der Waals surface area contributed by atoms with Gasteiger partial charge in [-0.2, -0.15) is 27.8 Å². The van der Waals surface area contributed by atoms with E-state index in [1.807, 2.05) is 42.2 Å². The number of alkyl halides is 3. The van der Waals surface area contributed by atoms with Crippen molar-refractivity contribution in [3.63, 3.8) is 0 Å². The predicted molar refractivity (Wildman–Crippen MR) is 98.2 cm³/mol. The molecule has 0 radical (unpaired) electrons. The van der Waals surface area contributed by atoms with Crippen LogP contribution in [0.4, 0.5) is 19.0 Å². The van der Waals surface area contributed by atoms with Crippen molar-refractivity contribution in [3.05, 3.63) is 54.0 Å². The second-order valence-electron chi connectivity index (χ2n) is 6.32. The van der Waals surface area contributed by atoms with Crippen LogP contribution < -0.4 is 9.64 Å². The van der Waals surface area contributed by atoms with Gasteiger partial charge in [0, 0.05) is 24.7 Å². The molecule has 0 aliphatic carbocycles. The van der Waals surface area contributed by atoms with Gasteiger partial charge in [0.15, 0.2) is 5.69 Å². The Morgan fingerprint density at radius 3 is 2.75 bits per heavy atom. The number of para-hydroxylation sites is 1. The van der Waals surface area contributed by atoms with Crippen LogP contribution in [0, 0.1) is 0 Å². The molecule has 0 saturated heterocycles. The molecule has 0 N–H and O–H groups in total. The smallest absolute Gasteiger partial charge is 0.433 e. The maximum atomic E-state index is 13.2. The summed E-state index contributed by atoms with van der Waals surface area (Å²) in [4.78, 5) is 9.23. The van der Waals surface area contributed by atoms with Gasteiger partial charge >= 0.3 is 6.18 Å². The van der Waals surface area contributed by atoms with E-state index in [4.69, 9.17) is 4.74 Å². The Bertz CT molecular complexity index is 1030. The number of fused-ring (bicyclic) bond motifs is 1. The number of hydrogen-bond donors (Lipinski definition) is 0. The molecule has 0 fully saturated rings. The molecule has 4 rings (SSSR count). The Labute approximate surface area is 159 Å². The fourth-order valence-electron chi connectivity index (χ4n) is 3.30. The van der Waals surface area contributed by atoms with Crippen LogP contribution in [0.15, 0.2) is 42.7 Å². The summed E-state index contributed by atoms with van der Waals surface area (Å²) in [6, 6.07) is 8.80. The Morgan fingerprint density at radius 2 is 2.04 bits per heavy atom. The van der Waals surface area contributed by atoms with Crippen molar-refractivity contribution in [2.75, 3.05) is 24.6 Å². The molecule has 2 aromatic heterocycles. The zero-order chi connectivity index (χ0) is 19.7. The van der Waals surface area contributed by atoms with Crippen molar-refractivity contribution in [1.29, 1.82) is 0 Å². The van der Waals surface area contributed by atoms with Crippen LogP contribution in [-0.2, 0) is 6.18 Å². The van der Waals surface area contributed by atoms with Gasteiger partial charge in [-0.3, -0.25) is 0 Å². The Morgan fingerprint density at radius 1 is 1.21 bits per heavy atom. The van der Waals surface area contributed by atoms with E-state index >= 15 is 0 Å². The molecule has 3 aromatic rings. The Hall–Kier alpha value is -3.10. The average molecular weight is 389 g/mol. The summed E-state index contributed by atoms with van der Waals surface area (Å²) in [6.07, 6.45) is -0.660. The van der Waals surface area contributed by atoms with Gasteiger partial charge in [0.1, 0.15) is 17.9 Å². The second kappa shape index (κ2) is 7.14. The molecule has 3 heterocycles. The summed E-state index contributed by atoms with van der Waals surface area (Å²) in [7, 11) is 0. The molecule has 0 atom stereocenters. The normalized spacial score (nSPS) is 15.0. The van der Waals surface area contributed by atoms with E-state index in [0.717, 1.165) is 23.0 Å². The van der Waals surface area contributed by atoms with E-state index in [1.165, 1.54) is 10.8 Å². The first kappa shape index (κ1) is 18.3. The minimum absolute atomic E-state index is 0.0682. The number of hydrogen-bond acceptors (Lipinski definition) is 5. The Balaban J connectivity index is 1.66. The first-order chi connectivity index (χ1) is 13.5. The molecule has 9 heteroatoms. The minimum atomic E-state index is -4.55. The highest BCUT2D eigenvalue weighted by molar-refractivity contribution is 5.72. The number of aromatic nitrogens is 4. The van der Waals surface area contributed by atoms with Crippen LogP contribution in [0.1, 0.15) is 24.6 Å². The molecule has 146 valence electrons. The molecule has 1 aromatic carbocycles. The van der Waals surface area contributed by atoms with E-state index in [2.05, 4.69) is 15.1 Å². The lowest BCUT2D eigenvalue weighted by Crippen LogP contribution is -2.31. The molecule has 28 heavy (non-hydrogen) atoms. The van der Waals surface area contributed by atoms with Crippen LogP contribution in [-0.4, -0.2) is 39.3 Å². The molecule has 0 spiro atoms. The third-order valence-corrected chi connectivity index (χ3v) is 4.59. The lowest BCUT2D eigenvalue weighted by atomic mass is 9.98. The zero-order valence-electron chi connectivity index (χ0n) is 15.1. The topological polar surface area (TPSA) is 55.5 Å². The van der Waals surface area contributed by atoms with Gasteiger partial charge < -0.3 is 9.64 Å². The predicted octanol–water partition coefficient (Wildman–Crippen LogP) is 3.84. The van der Waals surface area contributed by atoms with Crippen molar-refractivity contribution in [1.82, 2.24) is 19.6 Å². The lowest BCUT2D eigenvalue weighted by molar-refractivity contribution is -0.141. The highest BCUT2D eigenvalue weighted by Gasteiger charge is 2.34. The fourth-order valence-corrected chi connectivity index (χ4v) is 3.30. The van der Waals surface area contributed by atoms with Crippen molar-refractivity contribution < 1.29 is 17.9 Å². The Kier molecular flexibility index (Phi) is 4.66. The van der Waals surface area contributed by atoms with Crippen LogP contribution >= 0.6 is 0 Å². The second-order valence-corrected chi connectivity index (χ2v) is 6.32. The van der Waals surface area contributed by atoms with E-state index < -0.39 is 11.9 Å². The summed E-state index contributed by atoms with van der Waals surface area (Å²) < 4.78 is 46.6. The molecule has 0 saturated carbocycles. The standard InChI is InChI=1S/C19H18F3N5O/c1-2-28-15-6-4-3-5-14(15)13-7-9-26(10-8-13)17-11-16(19(20,21)22)25-18-23-12-24-27(17)18/h3-7,11-12H,2,8-10H2,1H3. The van der Waals surface area contributed by atoms with Gasteiger partial charge in [-0.25, -0.2) is 4.98 Å². The zero-order valence-corrected chi connectivity index (χ0v) is 15.1.